The summed E-state index contributed by atoms with van der Waals surface area (Å²) in [7, 11) is 0. The van der Waals surface area contributed by atoms with Gasteiger partial charge in [-0.25, -0.2) is 9.07 Å². The van der Waals surface area contributed by atoms with Crippen molar-refractivity contribution in [2.24, 2.45) is 0 Å². The fourth-order valence-electron chi connectivity index (χ4n) is 4.86. The fraction of sp³-hybridized carbons (Fsp3) is 0.333. The molecule has 1 aromatic carbocycles. The number of halogens is 1. The van der Waals surface area contributed by atoms with E-state index in [4.69, 9.17) is 4.74 Å². The summed E-state index contributed by atoms with van der Waals surface area (Å²) in [6, 6.07) is 9.19. The molecule has 2 aliphatic heterocycles. The lowest BCUT2D eigenvalue weighted by molar-refractivity contribution is -0.577. The second kappa shape index (κ2) is 9.66. The minimum absolute atomic E-state index is 0.0687. The number of benzene rings is 1. The van der Waals surface area contributed by atoms with Gasteiger partial charge in [0.2, 0.25) is 0 Å². The van der Waals surface area contributed by atoms with Gasteiger partial charge < -0.3 is 4.74 Å². The Morgan fingerprint density at radius 3 is 2.58 bits per heavy atom. The third-order valence-electron chi connectivity index (χ3n) is 6.56. The van der Waals surface area contributed by atoms with Gasteiger partial charge in [0.15, 0.2) is 12.4 Å². The molecule has 1 N–H and O–H groups in total. The highest BCUT2D eigenvalue weighted by atomic mass is 19.1. The van der Waals surface area contributed by atoms with Crippen LogP contribution >= 0.6 is 0 Å². The van der Waals surface area contributed by atoms with Gasteiger partial charge in [-0.2, -0.15) is 4.57 Å². The maximum absolute atomic E-state index is 13.8. The number of carbonyl (C=O) groups is 2. The number of ether oxygens (including phenoxy) is 1. The van der Waals surface area contributed by atoms with Crippen LogP contribution in [0.3, 0.4) is 0 Å². The van der Waals surface area contributed by atoms with E-state index in [1.807, 2.05) is 19.9 Å². The maximum atomic E-state index is 13.8. The molecule has 4 heterocycles. The summed E-state index contributed by atoms with van der Waals surface area (Å²) in [6.45, 7) is 4.59. The maximum Gasteiger partial charge on any atom is 0.327 e. The molecule has 0 bridgehead atoms. The van der Waals surface area contributed by atoms with Gasteiger partial charge in [0.25, 0.3) is 17.2 Å². The van der Waals surface area contributed by atoms with Crippen LogP contribution in [0.2, 0.25) is 0 Å². The van der Waals surface area contributed by atoms with Crippen LogP contribution in [-0.4, -0.2) is 45.8 Å². The number of amides is 2. The van der Waals surface area contributed by atoms with Crippen molar-refractivity contribution in [1.82, 2.24) is 14.7 Å². The first kappa shape index (κ1) is 23.9. The van der Waals surface area contributed by atoms with Gasteiger partial charge >= 0.3 is 5.91 Å². The number of pyridine rings is 1. The highest BCUT2D eigenvalue weighted by Crippen LogP contribution is 2.31. The van der Waals surface area contributed by atoms with Crippen molar-refractivity contribution in [2.45, 2.75) is 45.6 Å². The molecule has 0 aliphatic carbocycles. The van der Waals surface area contributed by atoms with Crippen molar-refractivity contribution in [1.29, 1.82) is 0 Å². The predicted molar refractivity (Wildman–Crippen MR) is 131 cm³/mol. The molecule has 2 aromatic heterocycles. The van der Waals surface area contributed by atoms with Crippen LogP contribution in [0.15, 0.2) is 53.6 Å². The number of aromatic nitrogens is 3. The summed E-state index contributed by atoms with van der Waals surface area (Å²) in [5.74, 6) is -1.40. The number of H-pyrrole nitrogens is 1. The minimum atomic E-state index is -0.515. The molecule has 8 nitrogen and oxygen atoms in total. The van der Waals surface area contributed by atoms with Crippen LogP contribution in [0, 0.1) is 12.7 Å². The number of hydrogen-bond donors (Lipinski definition) is 1. The van der Waals surface area contributed by atoms with Gasteiger partial charge in [0.05, 0.1) is 23.9 Å². The first-order chi connectivity index (χ1) is 17.4. The zero-order valence-corrected chi connectivity index (χ0v) is 20.3. The van der Waals surface area contributed by atoms with Gasteiger partial charge in [-0.1, -0.05) is 13.3 Å². The number of aromatic amines is 1. The summed E-state index contributed by atoms with van der Waals surface area (Å²) < 4.78 is 22.1. The fourth-order valence-corrected chi connectivity index (χ4v) is 4.86. The standard InChI is InChI=1S/C27H27FN4O4/c1-3-6-21-22(26(34)32(29-21)19-11-9-18(28)10-12-19)23-24(30-13-4-7-17(2)15-30)27(35)31(25(23)33)16-20-8-5-14-36-20/h4,7,9-13,15,20H,3,5-6,8,14,16H2,1-2H3/p+1. The monoisotopic (exact) mass is 491 g/mol. The Kier molecular flexibility index (Phi) is 6.40. The highest BCUT2D eigenvalue weighted by Gasteiger charge is 2.48. The Morgan fingerprint density at radius 2 is 1.92 bits per heavy atom. The molecule has 1 unspecified atom stereocenters. The van der Waals surface area contributed by atoms with Crippen molar-refractivity contribution < 1.29 is 23.3 Å². The molecule has 2 amide bonds. The van der Waals surface area contributed by atoms with Crippen molar-refractivity contribution in [3.63, 3.8) is 0 Å². The summed E-state index contributed by atoms with van der Waals surface area (Å²) in [6.07, 6.45) is 6.08. The lowest BCUT2D eigenvalue weighted by atomic mass is 10.0. The molecule has 1 saturated heterocycles. The molecule has 9 heteroatoms. The van der Waals surface area contributed by atoms with E-state index in [2.05, 4.69) is 5.10 Å². The van der Waals surface area contributed by atoms with Crippen molar-refractivity contribution >= 4 is 23.1 Å². The Labute approximate surface area is 207 Å². The molecule has 3 aromatic rings. The summed E-state index contributed by atoms with van der Waals surface area (Å²) in [4.78, 5) is 42.5. The predicted octanol–water partition coefficient (Wildman–Crippen LogP) is 2.77. The molecule has 1 atom stereocenters. The minimum Gasteiger partial charge on any atom is -0.376 e. The molecule has 0 radical (unpaired) electrons. The SMILES string of the molecule is CCCc1[nH]n(-c2ccc(F)cc2)c(=O)c1C1=C([n+]2cccc(C)c2)C(=O)N(CC2CCCO2)C1=O. The second-order valence-corrected chi connectivity index (χ2v) is 9.20. The number of rotatable bonds is 7. The molecular weight excluding hydrogens is 463 g/mol. The van der Waals surface area contributed by atoms with Gasteiger partial charge in [-0.15, -0.1) is 0 Å². The number of nitrogens with zero attached hydrogens (tertiary/aromatic N) is 3. The van der Waals surface area contributed by atoms with Gasteiger partial charge in [-0.05, 0) is 56.5 Å². The lowest BCUT2D eigenvalue weighted by Crippen LogP contribution is -2.42. The van der Waals surface area contributed by atoms with Crippen LogP contribution in [-0.2, 0) is 20.7 Å². The average molecular weight is 492 g/mol. The summed E-state index contributed by atoms with van der Waals surface area (Å²) in [5.41, 5.74) is 1.79. The Morgan fingerprint density at radius 1 is 1.14 bits per heavy atom. The van der Waals surface area contributed by atoms with Crippen molar-refractivity contribution in [3.8, 4) is 5.69 Å². The van der Waals surface area contributed by atoms with Gasteiger partial charge in [0.1, 0.15) is 11.4 Å². The molecule has 1 fully saturated rings. The van der Waals surface area contributed by atoms with Crippen LogP contribution in [0.5, 0.6) is 0 Å². The number of aryl methyl sites for hydroxylation is 2. The molecule has 0 saturated carbocycles. The Balaban J connectivity index is 1.71. The van der Waals surface area contributed by atoms with E-state index in [0.717, 1.165) is 18.4 Å². The van der Waals surface area contributed by atoms with E-state index >= 15 is 0 Å². The van der Waals surface area contributed by atoms with Gasteiger partial charge in [-0.3, -0.25) is 24.4 Å². The van der Waals surface area contributed by atoms with E-state index in [-0.39, 0.29) is 29.5 Å². The largest absolute Gasteiger partial charge is 0.376 e. The second-order valence-electron chi connectivity index (χ2n) is 9.20. The van der Waals surface area contributed by atoms with Gasteiger partial charge in [0, 0.05) is 23.9 Å². The van der Waals surface area contributed by atoms with E-state index in [1.165, 1.54) is 33.8 Å². The van der Waals surface area contributed by atoms with Crippen molar-refractivity contribution in [2.75, 3.05) is 13.2 Å². The number of hydrogen-bond acceptors (Lipinski definition) is 4. The first-order valence-electron chi connectivity index (χ1n) is 12.2. The molecule has 186 valence electrons. The smallest absolute Gasteiger partial charge is 0.327 e. The number of carbonyl (C=O) groups excluding carboxylic acids is 2. The van der Waals surface area contributed by atoms with Crippen LogP contribution < -0.4 is 10.1 Å². The zero-order valence-electron chi connectivity index (χ0n) is 20.3. The summed E-state index contributed by atoms with van der Waals surface area (Å²) >= 11 is 0. The number of nitrogens with one attached hydrogen (secondary N) is 1. The highest BCUT2D eigenvalue weighted by molar-refractivity contribution is 6.44. The third kappa shape index (κ3) is 4.19. The molecule has 36 heavy (non-hydrogen) atoms. The first-order valence-corrected chi connectivity index (χ1v) is 12.2. The van der Waals surface area contributed by atoms with Crippen LogP contribution in [0.1, 0.15) is 43.0 Å². The average Bonchev–Trinajstić information content (AvgIpc) is 3.54. The summed E-state index contributed by atoms with van der Waals surface area (Å²) in [5, 5.41) is 3.10. The van der Waals surface area contributed by atoms with E-state index < -0.39 is 23.2 Å². The third-order valence-corrected chi connectivity index (χ3v) is 6.56. The van der Waals surface area contributed by atoms with E-state index in [0.29, 0.717) is 30.8 Å². The molecule has 2 aliphatic rings. The lowest BCUT2D eigenvalue weighted by Gasteiger charge is -2.18. The van der Waals surface area contributed by atoms with Crippen LogP contribution in [0.4, 0.5) is 4.39 Å². The molecule has 0 spiro atoms. The quantitative estimate of drug-likeness (QED) is 0.407. The zero-order chi connectivity index (χ0) is 25.4. The number of imide groups is 1. The van der Waals surface area contributed by atoms with Crippen molar-refractivity contribution in [3.05, 3.63) is 81.8 Å². The normalized spacial score (nSPS) is 18.1. The Hall–Kier alpha value is -3.85. The molecular formula is C27H28FN4O4+. The molecule has 5 rings (SSSR count). The van der Waals surface area contributed by atoms with E-state index in [1.54, 1.807) is 23.0 Å². The Bertz CT molecular complexity index is 1410. The van der Waals surface area contributed by atoms with Crippen LogP contribution in [0.25, 0.3) is 17.0 Å². The van der Waals surface area contributed by atoms with E-state index in [9.17, 15) is 18.8 Å². The topological polar surface area (TPSA) is 88.3 Å².